The molecule has 136 valence electrons. The lowest BCUT2D eigenvalue weighted by Gasteiger charge is -2.08. The Balaban J connectivity index is 1.53. The van der Waals surface area contributed by atoms with Crippen molar-refractivity contribution in [3.8, 4) is 0 Å². The first-order valence-corrected chi connectivity index (χ1v) is 9.92. The second-order valence-electron chi connectivity index (χ2n) is 5.52. The summed E-state index contributed by atoms with van der Waals surface area (Å²) in [7, 11) is 0. The topological polar surface area (TPSA) is 80.0 Å². The molecule has 0 aliphatic rings. The lowest BCUT2D eigenvalue weighted by atomic mass is 10.2. The van der Waals surface area contributed by atoms with Crippen LogP contribution in [0.1, 0.15) is 18.2 Å². The van der Waals surface area contributed by atoms with Gasteiger partial charge >= 0.3 is 0 Å². The molecule has 1 amide bonds. The van der Waals surface area contributed by atoms with Gasteiger partial charge in [0, 0.05) is 10.7 Å². The van der Waals surface area contributed by atoms with E-state index in [4.69, 9.17) is 16.0 Å². The number of carbonyl (C=O) groups excluding carboxylic acids is 1. The molecule has 3 aromatic rings. The number of nitrogens with one attached hydrogen (secondary N) is 2. The van der Waals surface area contributed by atoms with Gasteiger partial charge in [-0.3, -0.25) is 4.79 Å². The minimum Gasteiger partial charge on any atom is -0.467 e. The highest BCUT2D eigenvalue weighted by molar-refractivity contribution is 8.02. The number of carbonyl (C=O) groups is 1. The zero-order valence-electron chi connectivity index (χ0n) is 14.2. The molecular weight excluding hydrogens is 392 g/mol. The molecule has 0 spiro atoms. The van der Waals surface area contributed by atoms with Gasteiger partial charge in [-0.15, -0.1) is 10.2 Å². The van der Waals surface area contributed by atoms with Crippen LogP contribution >= 0.6 is 34.7 Å². The van der Waals surface area contributed by atoms with E-state index in [9.17, 15) is 4.79 Å². The van der Waals surface area contributed by atoms with Crippen LogP contribution in [-0.2, 0) is 11.3 Å². The number of halogens is 1. The van der Waals surface area contributed by atoms with Crippen molar-refractivity contribution in [3.05, 3.63) is 52.9 Å². The Morgan fingerprint density at radius 3 is 2.96 bits per heavy atom. The van der Waals surface area contributed by atoms with Crippen LogP contribution in [0.2, 0.25) is 5.02 Å². The fraction of sp³-hybridized carbons (Fsp3) is 0.235. The second-order valence-corrected chi connectivity index (χ2v) is 8.49. The molecule has 0 saturated heterocycles. The van der Waals surface area contributed by atoms with Crippen molar-refractivity contribution in [2.45, 2.75) is 30.0 Å². The van der Waals surface area contributed by atoms with Crippen LogP contribution in [0, 0.1) is 6.92 Å². The summed E-state index contributed by atoms with van der Waals surface area (Å²) in [4.78, 5) is 12.2. The van der Waals surface area contributed by atoms with Crippen molar-refractivity contribution in [2.24, 2.45) is 0 Å². The Labute approximate surface area is 164 Å². The van der Waals surface area contributed by atoms with Gasteiger partial charge in [0.1, 0.15) is 5.76 Å². The van der Waals surface area contributed by atoms with E-state index in [1.807, 2.05) is 38.1 Å². The van der Waals surface area contributed by atoms with Gasteiger partial charge in [-0.1, -0.05) is 40.8 Å². The van der Waals surface area contributed by atoms with Gasteiger partial charge in [-0.2, -0.15) is 0 Å². The van der Waals surface area contributed by atoms with Gasteiger partial charge in [-0.05, 0) is 43.7 Å². The van der Waals surface area contributed by atoms with Gasteiger partial charge in [0.05, 0.1) is 18.1 Å². The maximum atomic E-state index is 12.2. The number of furan rings is 1. The first-order chi connectivity index (χ1) is 12.5. The van der Waals surface area contributed by atoms with Gasteiger partial charge in [-0.25, -0.2) is 0 Å². The van der Waals surface area contributed by atoms with Crippen LogP contribution in [0.4, 0.5) is 10.8 Å². The molecule has 1 atom stereocenters. The summed E-state index contributed by atoms with van der Waals surface area (Å²) in [5, 5.41) is 15.3. The molecule has 9 heteroatoms. The van der Waals surface area contributed by atoms with Crippen LogP contribution < -0.4 is 10.6 Å². The number of hydrogen-bond donors (Lipinski definition) is 2. The van der Waals surface area contributed by atoms with Crippen molar-refractivity contribution >= 4 is 51.4 Å². The predicted molar refractivity (Wildman–Crippen MR) is 105 cm³/mol. The number of rotatable bonds is 7. The zero-order chi connectivity index (χ0) is 18.5. The molecule has 1 aromatic carbocycles. The Bertz CT molecular complexity index is 883. The van der Waals surface area contributed by atoms with E-state index in [0.717, 1.165) is 17.0 Å². The maximum Gasteiger partial charge on any atom is 0.233 e. The number of anilines is 2. The summed E-state index contributed by atoms with van der Waals surface area (Å²) < 4.78 is 5.91. The smallest absolute Gasteiger partial charge is 0.233 e. The maximum absolute atomic E-state index is 12.2. The number of hydrogen-bond acceptors (Lipinski definition) is 7. The average molecular weight is 409 g/mol. The molecule has 0 bridgehead atoms. The van der Waals surface area contributed by atoms with Crippen molar-refractivity contribution < 1.29 is 9.21 Å². The van der Waals surface area contributed by atoms with Crippen molar-refractivity contribution in [3.63, 3.8) is 0 Å². The number of benzene rings is 1. The van der Waals surface area contributed by atoms with Crippen LogP contribution in [0.5, 0.6) is 0 Å². The summed E-state index contributed by atoms with van der Waals surface area (Å²) >= 11 is 8.88. The molecule has 6 nitrogen and oxygen atoms in total. The number of nitrogens with zero attached hydrogens (tertiary/aromatic N) is 2. The number of aromatic nitrogens is 2. The van der Waals surface area contributed by atoms with E-state index in [-0.39, 0.29) is 11.2 Å². The van der Waals surface area contributed by atoms with Crippen molar-refractivity contribution in [2.75, 3.05) is 5.32 Å². The Morgan fingerprint density at radius 2 is 2.23 bits per heavy atom. The average Bonchev–Trinajstić information content (AvgIpc) is 3.28. The molecule has 2 aromatic heterocycles. The minimum atomic E-state index is -0.292. The Hall–Kier alpha value is -2.03. The third-order valence-electron chi connectivity index (χ3n) is 3.49. The van der Waals surface area contributed by atoms with E-state index < -0.39 is 0 Å². The molecule has 0 aliphatic heterocycles. The van der Waals surface area contributed by atoms with Crippen LogP contribution in [0.3, 0.4) is 0 Å². The number of thioether (sulfide) groups is 1. The molecule has 0 fully saturated rings. The van der Waals surface area contributed by atoms with Crippen LogP contribution in [0.15, 0.2) is 45.4 Å². The molecule has 0 radical (unpaired) electrons. The highest BCUT2D eigenvalue weighted by Gasteiger charge is 2.17. The van der Waals surface area contributed by atoms with Gasteiger partial charge in [0.25, 0.3) is 0 Å². The largest absolute Gasteiger partial charge is 0.467 e. The summed E-state index contributed by atoms with van der Waals surface area (Å²) in [6, 6.07) is 9.32. The van der Waals surface area contributed by atoms with Crippen molar-refractivity contribution in [1.82, 2.24) is 15.5 Å². The van der Waals surface area contributed by atoms with E-state index >= 15 is 0 Å². The van der Waals surface area contributed by atoms with Gasteiger partial charge < -0.3 is 15.1 Å². The first-order valence-electron chi connectivity index (χ1n) is 7.84. The van der Waals surface area contributed by atoms with E-state index in [1.54, 1.807) is 12.3 Å². The summed E-state index contributed by atoms with van der Waals surface area (Å²) in [5.74, 6) is 0.635. The fourth-order valence-corrected chi connectivity index (χ4v) is 4.16. The standard InChI is InChI=1S/C17H17ClN4O2S2/c1-10-5-6-12(8-14(10)18)20-16-21-22-17(26-16)25-11(2)15(23)19-9-13-4-3-7-24-13/h3-8,11H,9H2,1-2H3,(H,19,23)(H,20,21). The third kappa shape index (κ3) is 5.00. The van der Waals surface area contributed by atoms with Crippen LogP contribution in [-0.4, -0.2) is 21.4 Å². The lowest BCUT2D eigenvalue weighted by molar-refractivity contribution is -0.120. The number of amides is 1. The molecule has 3 rings (SSSR count). The Kier molecular flexibility index (Phi) is 6.18. The molecule has 0 aliphatic carbocycles. The molecule has 2 N–H and O–H groups in total. The van der Waals surface area contributed by atoms with Crippen LogP contribution in [0.25, 0.3) is 0 Å². The third-order valence-corrected chi connectivity index (χ3v) is 5.92. The summed E-state index contributed by atoms with van der Waals surface area (Å²) in [5.41, 5.74) is 1.86. The van der Waals surface area contributed by atoms with E-state index in [2.05, 4.69) is 20.8 Å². The van der Waals surface area contributed by atoms with E-state index in [1.165, 1.54) is 23.1 Å². The zero-order valence-corrected chi connectivity index (χ0v) is 16.5. The highest BCUT2D eigenvalue weighted by Crippen LogP contribution is 2.31. The minimum absolute atomic E-state index is 0.0820. The normalized spacial score (nSPS) is 12.0. The van der Waals surface area contributed by atoms with Gasteiger partial charge in [0.15, 0.2) is 4.34 Å². The predicted octanol–water partition coefficient (Wildman–Crippen LogP) is 4.63. The summed E-state index contributed by atoms with van der Waals surface area (Å²) in [6.07, 6.45) is 1.58. The van der Waals surface area contributed by atoms with Gasteiger partial charge in [0.2, 0.25) is 11.0 Å². The molecule has 0 saturated carbocycles. The molecule has 1 unspecified atom stereocenters. The lowest BCUT2D eigenvalue weighted by Crippen LogP contribution is -2.30. The SMILES string of the molecule is Cc1ccc(Nc2nnc(SC(C)C(=O)NCc3ccco3)s2)cc1Cl. The molecule has 26 heavy (non-hydrogen) atoms. The quantitative estimate of drug-likeness (QED) is 0.554. The summed E-state index contributed by atoms with van der Waals surface area (Å²) in [6.45, 7) is 4.15. The highest BCUT2D eigenvalue weighted by atomic mass is 35.5. The first kappa shape index (κ1) is 18.8. The molecular formula is C17H17ClN4O2S2. The fourth-order valence-electron chi connectivity index (χ4n) is 2.04. The number of aryl methyl sites for hydroxylation is 1. The van der Waals surface area contributed by atoms with Crippen molar-refractivity contribution in [1.29, 1.82) is 0 Å². The Morgan fingerprint density at radius 1 is 1.38 bits per heavy atom. The van der Waals surface area contributed by atoms with E-state index in [0.29, 0.717) is 21.0 Å². The molecule has 2 heterocycles. The monoisotopic (exact) mass is 408 g/mol. The second kappa shape index (κ2) is 8.57.